The quantitative estimate of drug-likeness (QED) is 0.642. The lowest BCUT2D eigenvalue weighted by Crippen LogP contribution is -2.52. The van der Waals surface area contributed by atoms with Gasteiger partial charge in [0.05, 0.1) is 15.1 Å². The van der Waals surface area contributed by atoms with Gasteiger partial charge in [0.15, 0.2) is 0 Å². The number of carbonyl (C=O) groups excluding carboxylic acids is 3. The normalized spacial score (nSPS) is 16.5. The van der Waals surface area contributed by atoms with Crippen molar-refractivity contribution in [2.45, 2.75) is 43.0 Å². The van der Waals surface area contributed by atoms with Gasteiger partial charge in [-0.3, -0.25) is 14.4 Å². The molecule has 3 amide bonds. The van der Waals surface area contributed by atoms with Crippen LogP contribution in [0, 0.1) is 0 Å². The Labute approximate surface area is 185 Å². The van der Waals surface area contributed by atoms with Gasteiger partial charge in [-0.05, 0) is 42.9 Å². The van der Waals surface area contributed by atoms with Gasteiger partial charge in [0.1, 0.15) is 6.04 Å². The maximum absolute atomic E-state index is 13.1. The Morgan fingerprint density at radius 3 is 2.70 bits per heavy atom. The van der Waals surface area contributed by atoms with Crippen LogP contribution in [0.5, 0.6) is 0 Å². The van der Waals surface area contributed by atoms with Crippen molar-refractivity contribution in [1.82, 2.24) is 15.5 Å². The molecule has 2 aromatic rings. The number of carbonyl (C=O) groups is 3. The number of benzene rings is 1. The zero-order valence-corrected chi connectivity index (χ0v) is 19.1. The topological polar surface area (TPSA) is 78.5 Å². The van der Waals surface area contributed by atoms with Gasteiger partial charge >= 0.3 is 0 Å². The second kappa shape index (κ2) is 10.1. The number of nitrogens with zero attached hydrogens (tertiary/aromatic N) is 1. The minimum atomic E-state index is -0.609. The Kier molecular flexibility index (Phi) is 7.55. The van der Waals surface area contributed by atoms with E-state index in [4.69, 9.17) is 0 Å². The molecular formula is C22H27N3O3S2. The van der Waals surface area contributed by atoms with Crippen molar-refractivity contribution < 1.29 is 14.4 Å². The largest absolute Gasteiger partial charge is 0.349 e. The fourth-order valence-corrected chi connectivity index (χ4v) is 5.08. The van der Waals surface area contributed by atoms with E-state index in [1.807, 2.05) is 36.6 Å². The third kappa shape index (κ3) is 5.05. The zero-order chi connectivity index (χ0) is 21.7. The number of thioether (sulfide) groups is 1. The van der Waals surface area contributed by atoms with E-state index < -0.39 is 6.04 Å². The molecule has 3 rings (SSSR count). The van der Waals surface area contributed by atoms with Crippen molar-refractivity contribution in [3.05, 3.63) is 52.4 Å². The van der Waals surface area contributed by atoms with Crippen LogP contribution in [0.15, 0.2) is 40.6 Å². The van der Waals surface area contributed by atoms with Gasteiger partial charge in [0, 0.05) is 19.5 Å². The number of nitrogens with one attached hydrogen (secondary N) is 2. The Morgan fingerprint density at radius 1 is 1.23 bits per heavy atom. The molecule has 160 valence electrons. The first-order valence-electron chi connectivity index (χ1n) is 10.0. The number of hydrogen-bond donors (Lipinski definition) is 2. The summed E-state index contributed by atoms with van der Waals surface area (Å²) in [7, 11) is 0. The molecular weight excluding hydrogens is 418 g/mol. The average molecular weight is 446 g/mol. The maximum Gasteiger partial charge on any atom is 0.261 e. The molecule has 1 aromatic heterocycles. The van der Waals surface area contributed by atoms with Crippen LogP contribution in [-0.4, -0.2) is 48.0 Å². The van der Waals surface area contributed by atoms with Gasteiger partial charge in [0.25, 0.3) is 5.91 Å². The van der Waals surface area contributed by atoms with Gasteiger partial charge in [-0.2, -0.15) is 0 Å². The van der Waals surface area contributed by atoms with Gasteiger partial charge < -0.3 is 15.5 Å². The minimum absolute atomic E-state index is 0.133. The minimum Gasteiger partial charge on any atom is -0.349 e. The molecule has 2 unspecified atom stereocenters. The van der Waals surface area contributed by atoms with Crippen LogP contribution in [0.1, 0.15) is 47.1 Å². The highest BCUT2D eigenvalue weighted by atomic mass is 32.2. The fourth-order valence-electron chi connectivity index (χ4n) is 3.62. The average Bonchev–Trinajstić information content (AvgIpc) is 3.26. The molecule has 0 bridgehead atoms. The molecule has 0 fully saturated rings. The summed E-state index contributed by atoms with van der Waals surface area (Å²) in [5.74, 6) is -0.421. The van der Waals surface area contributed by atoms with E-state index in [2.05, 4.69) is 16.7 Å². The van der Waals surface area contributed by atoms with E-state index in [0.717, 1.165) is 16.2 Å². The van der Waals surface area contributed by atoms with Crippen LogP contribution in [0.3, 0.4) is 0 Å². The second-order valence-corrected chi connectivity index (χ2v) is 9.36. The molecule has 0 radical (unpaired) electrons. The molecule has 0 saturated carbocycles. The Bertz CT molecular complexity index is 928. The summed E-state index contributed by atoms with van der Waals surface area (Å²) in [6.07, 6.45) is 3.07. The van der Waals surface area contributed by atoms with Crippen LogP contribution < -0.4 is 10.6 Å². The molecule has 1 aliphatic rings. The summed E-state index contributed by atoms with van der Waals surface area (Å²) >= 11 is 3.07. The molecule has 2 N–H and O–H groups in total. The first-order valence-corrected chi connectivity index (χ1v) is 12.1. The molecule has 0 saturated heterocycles. The first-order chi connectivity index (χ1) is 14.4. The van der Waals surface area contributed by atoms with Crippen molar-refractivity contribution in [1.29, 1.82) is 0 Å². The van der Waals surface area contributed by atoms with Gasteiger partial charge in [-0.15, -0.1) is 23.1 Å². The van der Waals surface area contributed by atoms with Crippen LogP contribution in [0.25, 0.3) is 0 Å². The lowest BCUT2D eigenvalue weighted by atomic mass is 9.92. The summed E-state index contributed by atoms with van der Waals surface area (Å²) in [5, 5.41) is 5.76. The van der Waals surface area contributed by atoms with E-state index >= 15 is 0 Å². The molecule has 30 heavy (non-hydrogen) atoms. The smallest absolute Gasteiger partial charge is 0.261 e. The second-order valence-electron chi connectivity index (χ2n) is 7.17. The van der Waals surface area contributed by atoms with E-state index in [9.17, 15) is 14.4 Å². The molecule has 2 heterocycles. The summed E-state index contributed by atoms with van der Waals surface area (Å²) in [6.45, 7) is 4.34. The third-order valence-corrected chi connectivity index (χ3v) is 7.39. The number of fused-ring (bicyclic) bond motifs is 1. The third-order valence-electron chi connectivity index (χ3n) is 5.23. The number of thiophene rings is 1. The lowest BCUT2D eigenvalue weighted by Gasteiger charge is -2.39. The number of hydrogen-bond acceptors (Lipinski definition) is 5. The highest BCUT2D eigenvalue weighted by molar-refractivity contribution is 8.00. The summed E-state index contributed by atoms with van der Waals surface area (Å²) in [5.41, 5.74) is 2.23. The number of rotatable bonds is 7. The highest BCUT2D eigenvalue weighted by Gasteiger charge is 2.33. The SMILES string of the molecule is CCC(=O)NC(C)C(=O)N1CCc2ccccc2C1CNC(=O)c1ccc(SC)s1. The first kappa shape index (κ1) is 22.4. The van der Waals surface area contributed by atoms with Gasteiger partial charge in [-0.1, -0.05) is 31.2 Å². The van der Waals surface area contributed by atoms with Crippen molar-refractivity contribution in [2.75, 3.05) is 19.3 Å². The Hall–Kier alpha value is -2.32. The van der Waals surface area contributed by atoms with Crippen LogP contribution in [0.4, 0.5) is 0 Å². The van der Waals surface area contributed by atoms with Crippen molar-refractivity contribution in [3.63, 3.8) is 0 Å². The van der Waals surface area contributed by atoms with E-state index in [1.54, 1.807) is 30.5 Å². The molecule has 0 aliphatic carbocycles. The predicted molar refractivity (Wildman–Crippen MR) is 121 cm³/mol. The highest BCUT2D eigenvalue weighted by Crippen LogP contribution is 2.30. The molecule has 2 atom stereocenters. The fraction of sp³-hybridized carbons (Fsp3) is 0.409. The molecule has 0 spiro atoms. The summed E-state index contributed by atoms with van der Waals surface area (Å²) in [6, 6.07) is 10.9. The molecule has 6 nitrogen and oxygen atoms in total. The molecule has 1 aliphatic heterocycles. The monoisotopic (exact) mass is 445 g/mol. The standard InChI is InChI=1S/C22H27N3O3S2/c1-4-19(26)24-14(2)22(28)25-12-11-15-7-5-6-8-16(15)17(25)13-23-21(27)18-9-10-20(29-3)30-18/h5-10,14,17H,4,11-13H2,1-3H3,(H,23,27)(H,24,26). The predicted octanol–water partition coefficient (Wildman–Crippen LogP) is 3.24. The molecule has 8 heteroatoms. The molecule has 1 aromatic carbocycles. The van der Waals surface area contributed by atoms with Crippen molar-refractivity contribution >= 4 is 40.8 Å². The Morgan fingerprint density at radius 2 is 2.00 bits per heavy atom. The zero-order valence-electron chi connectivity index (χ0n) is 17.4. The number of amides is 3. The van der Waals surface area contributed by atoms with Gasteiger partial charge in [-0.25, -0.2) is 0 Å². The lowest BCUT2D eigenvalue weighted by molar-refractivity contribution is -0.138. The maximum atomic E-state index is 13.1. The summed E-state index contributed by atoms with van der Waals surface area (Å²) in [4.78, 5) is 40.0. The van der Waals surface area contributed by atoms with E-state index in [0.29, 0.717) is 24.4 Å². The van der Waals surface area contributed by atoms with E-state index in [1.165, 1.54) is 16.9 Å². The van der Waals surface area contributed by atoms with Crippen LogP contribution in [0.2, 0.25) is 0 Å². The summed E-state index contributed by atoms with van der Waals surface area (Å²) < 4.78 is 1.08. The van der Waals surface area contributed by atoms with Crippen LogP contribution >= 0.6 is 23.1 Å². The Balaban J connectivity index is 1.78. The van der Waals surface area contributed by atoms with Crippen molar-refractivity contribution in [3.8, 4) is 0 Å². The van der Waals surface area contributed by atoms with Crippen molar-refractivity contribution in [2.24, 2.45) is 0 Å². The van der Waals surface area contributed by atoms with E-state index in [-0.39, 0.29) is 23.8 Å². The van der Waals surface area contributed by atoms with Gasteiger partial charge in [0.2, 0.25) is 11.8 Å². The van der Waals surface area contributed by atoms with Crippen LogP contribution in [-0.2, 0) is 16.0 Å².